The third kappa shape index (κ3) is 11.0. The van der Waals surface area contributed by atoms with E-state index in [1.165, 1.54) is 0 Å². The summed E-state index contributed by atoms with van der Waals surface area (Å²) in [4.78, 5) is 24.2. The summed E-state index contributed by atoms with van der Waals surface area (Å²) < 4.78 is 50.8. The van der Waals surface area contributed by atoms with Gasteiger partial charge in [0.15, 0.2) is 31.5 Å². The van der Waals surface area contributed by atoms with E-state index in [-0.39, 0.29) is 0 Å². The summed E-state index contributed by atoms with van der Waals surface area (Å²) in [6.45, 7) is -2.31. The number of carbonyl (C=O) groups excluding carboxylic acids is 2. The van der Waals surface area contributed by atoms with Gasteiger partial charge < -0.3 is 130 Å². The van der Waals surface area contributed by atoms with Crippen LogP contribution in [0.4, 0.5) is 0 Å². The summed E-state index contributed by atoms with van der Waals surface area (Å²) in [5, 5.41) is 163. The molecular weight excluding hydrogens is 852 g/mol. The Morgan fingerprint density at radius 2 is 0.823 bits per heavy atom. The van der Waals surface area contributed by atoms with Gasteiger partial charge in [-0.25, -0.2) is 0 Å². The molecular formula is C34H58N2O26. The van der Waals surface area contributed by atoms with Crippen LogP contribution in [0.15, 0.2) is 0 Å². The minimum atomic E-state index is -2.18. The van der Waals surface area contributed by atoms with Crippen LogP contribution in [-0.4, -0.2) is 275 Å². The van der Waals surface area contributed by atoms with Crippen LogP contribution in [0.2, 0.25) is 0 Å². The molecule has 25 atom stereocenters. The zero-order valence-corrected chi connectivity index (χ0v) is 33.2. The van der Waals surface area contributed by atoms with Crippen molar-refractivity contribution in [3.05, 3.63) is 0 Å². The predicted molar refractivity (Wildman–Crippen MR) is 190 cm³/mol. The molecule has 0 aromatic rings. The van der Waals surface area contributed by atoms with Gasteiger partial charge >= 0.3 is 0 Å². The smallest absolute Gasteiger partial charge is 0.217 e. The third-order valence-electron chi connectivity index (χ3n) is 11.1. The lowest BCUT2D eigenvalue weighted by Gasteiger charge is -2.50. The molecule has 28 nitrogen and oxygen atoms in total. The van der Waals surface area contributed by atoms with Crippen LogP contribution in [0.1, 0.15) is 13.8 Å². The van der Waals surface area contributed by atoms with E-state index in [4.69, 9.17) is 42.6 Å². The van der Waals surface area contributed by atoms with Crippen LogP contribution in [0, 0.1) is 0 Å². The van der Waals surface area contributed by atoms with E-state index in [1.807, 2.05) is 0 Å². The molecule has 2 amide bonds. The first-order valence-electron chi connectivity index (χ1n) is 19.6. The normalized spacial score (nSPS) is 49.0. The number of hydrogen-bond acceptors (Lipinski definition) is 26. The highest BCUT2D eigenvalue weighted by molar-refractivity contribution is 5.73. The topological polar surface area (TPSA) is 445 Å². The van der Waals surface area contributed by atoms with Crippen molar-refractivity contribution >= 4 is 11.8 Å². The van der Waals surface area contributed by atoms with Crippen LogP contribution >= 0.6 is 0 Å². The Labute approximate surface area is 351 Å². The minimum absolute atomic E-state index is 0.693. The van der Waals surface area contributed by atoms with Crippen molar-refractivity contribution in [3.8, 4) is 0 Å². The molecule has 0 aromatic carbocycles. The summed E-state index contributed by atoms with van der Waals surface area (Å²) in [6.07, 6.45) is -42.3. The fraction of sp³-hybridized carbons (Fsp3) is 0.941. The lowest BCUT2D eigenvalue weighted by molar-refractivity contribution is -0.384. The molecule has 0 saturated carbocycles. The van der Waals surface area contributed by atoms with Crippen LogP contribution in [0.3, 0.4) is 0 Å². The molecule has 0 spiro atoms. The van der Waals surface area contributed by atoms with Gasteiger partial charge in [-0.1, -0.05) is 0 Å². The average molecular weight is 911 g/mol. The molecule has 5 heterocycles. The molecule has 0 bridgehead atoms. The standard InChI is InChI=1S/C34H58N2O26/c1-8(41)35-15-20(46)27(12(5-39)55-30(15)53)60-31-16(36-9(2)42)21(47)28(13(6-40)58-31)61-34-26(52)29(62-33-25(51)23(49)18(44)11(4-38)57-33)19(45)14(59-34)7-54-32-24(50)22(48)17(43)10(3-37)56-32/h10-34,37-40,43-53H,3-7H2,1-2H3,(H,35,41)(H,36,42)/t10-,11-,12-,13-,14-,15-,16-,17-,18-,19-,20-,21-,22+,23+,24+,25+,26+,27-,28-,29+,30-,31+,32+,33+,34-/m1/s1. The van der Waals surface area contributed by atoms with Gasteiger partial charge in [-0.3, -0.25) is 9.59 Å². The maximum absolute atomic E-state index is 12.4. The Morgan fingerprint density at radius 3 is 1.35 bits per heavy atom. The molecule has 360 valence electrons. The van der Waals surface area contributed by atoms with Crippen molar-refractivity contribution < 1.29 is 129 Å². The van der Waals surface area contributed by atoms with Crippen molar-refractivity contribution in [2.75, 3.05) is 33.0 Å². The number of hydrogen-bond donors (Lipinski definition) is 17. The molecule has 17 N–H and O–H groups in total. The van der Waals surface area contributed by atoms with Gasteiger partial charge in [0.25, 0.3) is 0 Å². The Bertz CT molecular complexity index is 1440. The Kier molecular flexibility index (Phi) is 18.1. The zero-order chi connectivity index (χ0) is 45.9. The SMILES string of the molecule is CC(=O)N[C@@H]1[C@@H](O)[C@H](O[C@@H]2O[C@H](CO)[C@@H](O[C@H]3O[C@H](CO[C@H]4O[C@H](CO)[C@@H](O)[C@H](O)[C@@H]4O)[C@@H](O)[C@H](O[C@@H]4O[C@H](CO)[C@@H](O)[C@H](O)[C@@H]4O)[C@@H]3O)[C@H](O)[C@H]2NC(C)=O)[C@@H](CO)O[C@H]1O. The summed E-state index contributed by atoms with van der Waals surface area (Å²) in [5.74, 6) is -1.49. The molecule has 62 heavy (non-hydrogen) atoms. The molecule has 0 aliphatic carbocycles. The number of aliphatic hydroxyl groups excluding tert-OH is 15. The number of rotatable bonds is 15. The Hall–Kier alpha value is -2.02. The van der Waals surface area contributed by atoms with Crippen molar-refractivity contribution in [1.29, 1.82) is 0 Å². The molecule has 5 aliphatic heterocycles. The van der Waals surface area contributed by atoms with Gasteiger partial charge in [-0.2, -0.15) is 0 Å². The van der Waals surface area contributed by atoms with Crippen LogP contribution in [0.5, 0.6) is 0 Å². The zero-order valence-electron chi connectivity index (χ0n) is 33.2. The van der Waals surface area contributed by atoms with Gasteiger partial charge in [-0.05, 0) is 0 Å². The summed E-state index contributed by atoms with van der Waals surface area (Å²) in [6, 6.07) is -3.19. The van der Waals surface area contributed by atoms with E-state index in [0.717, 1.165) is 13.8 Å². The second kappa shape index (κ2) is 22.0. The van der Waals surface area contributed by atoms with Crippen molar-refractivity contribution in [2.24, 2.45) is 0 Å². The van der Waals surface area contributed by atoms with E-state index in [1.54, 1.807) is 0 Å². The molecule has 0 aromatic heterocycles. The second-order valence-corrected chi connectivity index (χ2v) is 15.5. The van der Waals surface area contributed by atoms with Crippen LogP contribution in [-0.2, 0) is 52.2 Å². The van der Waals surface area contributed by atoms with Crippen LogP contribution < -0.4 is 10.6 Å². The Morgan fingerprint density at radius 1 is 0.419 bits per heavy atom. The van der Waals surface area contributed by atoms with Crippen molar-refractivity contribution in [1.82, 2.24) is 10.6 Å². The van der Waals surface area contributed by atoms with Crippen molar-refractivity contribution in [3.63, 3.8) is 0 Å². The number of aliphatic hydroxyl groups is 15. The highest BCUT2D eigenvalue weighted by atomic mass is 16.8. The lowest BCUT2D eigenvalue weighted by Crippen LogP contribution is -2.70. The molecule has 0 unspecified atom stereocenters. The average Bonchev–Trinajstić information content (AvgIpc) is 3.23. The second-order valence-electron chi connectivity index (χ2n) is 15.5. The number of amides is 2. The lowest BCUT2D eigenvalue weighted by atomic mass is 9.94. The fourth-order valence-corrected chi connectivity index (χ4v) is 7.73. The maximum atomic E-state index is 12.4. The summed E-state index contributed by atoms with van der Waals surface area (Å²) in [7, 11) is 0. The van der Waals surface area contributed by atoms with Gasteiger partial charge in [0.05, 0.1) is 33.0 Å². The van der Waals surface area contributed by atoms with Crippen molar-refractivity contribution in [2.45, 2.75) is 167 Å². The van der Waals surface area contributed by atoms with Gasteiger partial charge in [0.2, 0.25) is 11.8 Å². The first-order chi connectivity index (χ1) is 29.3. The summed E-state index contributed by atoms with van der Waals surface area (Å²) >= 11 is 0. The molecule has 28 heteroatoms. The fourth-order valence-electron chi connectivity index (χ4n) is 7.73. The van der Waals surface area contributed by atoms with Gasteiger partial charge in [-0.15, -0.1) is 0 Å². The highest BCUT2D eigenvalue weighted by Crippen LogP contribution is 2.35. The molecule has 5 fully saturated rings. The third-order valence-corrected chi connectivity index (χ3v) is 11.1. The first kappa shape index (κ1) is 51.0. The largest absolute Gasteiger partial charge is 0.394 e. The summed E-state index contributed by atoms with van der Waals surface area (Å²) in [5.41, 5.74) is 0. The number of carbonyl (C=O) groups is 2. The molecule has 0 radical (unpaired) electrons. The van der Waals surface area contributed by atoms with E-state index < -0.39 is 198 Å². The van der Waals surface area contributed by atoms with E-state index >= 15 is 0 Å². The quantitative estimate of drug-likeness (QED) is 0.0725. The highest BCUT2D eigenvalue weighted by Gasteiger charge is 2.56. The molecule has 5 saturated heterocycles. The monoisotopic (exact) mass is 910 g/mol. The molecule has 5 aliphatic rings. The first-order valence-corrected chi connectivity index (χ1v) is 19.6. The Balaban J connectivity index is 1.41. The van der Waals surface area contributed by atoms with Gasteiger partial charge in [0, 0.05) is 13.8 Å². The van der Waals surface area contributed by atoms with E-state index in [2.05, 4.69) is 10.6 Å². The minimum Gasteiger partial charge on any atom is -0.394 e. The predicted octanol–water partition coefficient (Wildman–Crippen LogP) is -11.6. The number of ether oxygens (including phenoxy) is 9. The molecule has 5 rings (SSSR count). The van der Waals surface area contributed by atoms with Gasteiger partial charge in [0.1, 0.15) is 122 Å². The number of nitrogens with one attached hydrogen (secondary N) is 2. The maximum Gasteiger partial charge on any atom is 0.217 e. The van der Waals surface area contributed by atoms with E-state index in [9.17, 15) is 86.2 Å². The van der Waals surface area contributed by atoms with E-state index in [0.29, 0.717) is 0 Å². The van der Waals surface area contributed by atoms with Crippen LogP contribution in [0.25, 0.3) is 0 Å².